The number of nitrogens with one attached hydrogen (secondary N) is 2. The molecular formula is C18H31IN4O2. The monoisotopic (exact) mass is 462 g/mol. The van der Waals surface area contributed by atoms with Crippen molar-refractivity contribution in [3.8, 4) is 0 Å². The fraction of sp³-hybridized carbons (Fsp3) is 0.556. The Bertz CT molecular complexity index is 565. The molecule has 6 nitrogen and oxygen atoms in total. The van der Waals surface area contributed by atoms with E-state index in [0.29, 0.717) is 18.4 Å². The fourth-order valence-electron chi connectivity index (χ4n) is 2.10. The molecule has 0 aliphatic carbocycles. The first kappa shape index (κ1) is 23.5. The standard InChI is InChI=1S/C18H30N4O2.HI/c1-12(2)13-7-9-14(10-8-13)15(11-21-16(19)20-6)22-17(23)24-18(3,4)5;/h7-10,12,15H,11H2,1-6H3,(H,22,23)(H3,19,20,21);1H. The number of nitrogens with two attached hydrogens (primary N) is 1. The molecule has 0 aliphatic rings. The summed E-state index contributed by atoms with van der Waals surface area (Å²) in [4.78, 5) is 16.0. The number of hydrogen-bond acceptors (Lipinski definition) is 3. The number of carbonyl (C=O) groups excluding carboxylic acids is 1. The van der Waals surface area contributed by atoms with Crippen LogP contribution in [0.2, 0.25) is 0 Å². The number of amides is 1. The van der Waals surface area contributed by atoms with Crippen molar-refractivity contribution in [3.63, 3.8) is 0 Å². The van der Waals surface area contributed by atoms with Gasteiger partial charge in [0.1, 0.15) is 5.60 Å². The van der Waals surface area contributed by atoms with Crippen molar-refractivity contribution >= 4 is 36.0 Å². The molecule has 4 N–H and O–H groups in total. The molecule has 0 bridgehead atoms. The molecule has 0 radical (unpaired) electrons. The van der Waals surface area contributed by atoms with Crippen molar-refractivity contribution in [1.29, 1.82) is 0 Å². The van der Waals surface area contributed by atoms with Crippen molar-refractivity contribution in [3.05, 3.63) is 35.4 Å². The van der Waals surface area contributed by atoms with E-state index in [1.807, 2.05) is 32.9 Å². The maximum absolute atomic E-state index is 12.1. The molecule has 0 spiro atoms. The Morgan fingerprint density at radius 2 is 1.72 bits per heavy atom. The van der Waals surface area contributed by atoms with Crippen LogP contribution < -0.4 is 16.4 Å². The van der Waals surface area contributed by atoms with Crippen molar-refractivity contribution in [2.24, 2.45) is 10.7 Å². The molecule has 1 unspecified atom stereocenters. The number of aliphatic imine (C=N–C) groups is 1. The predicted molar refractivity (Wildman–Crippen MR) is 114 cm³/mol. The number of benzene rings is 1. The zero-order chi connectivity index (χ0) is 18.3. The Balaban J connectivity index is 0.00000576. The Hall–Kier alpha value is -1.51. The van der Waals surface area contributed by atoms with Crippen LogP contribution in [0.25, 0.3) is 0 Å². The van der Waals surface area contributed by atoms with Crippen LogP contribution in [0, 0.1) is 0 Å². The van der Waals surface area contributed by atoms with Gasteiger partial charge >= 0.3 is 6.09 Å². The van der Waals surface area contributed by atoms with E-state index in [9.17, 15) is 4.79 Å². The second-order valence-electron chi connectivity index (χ2n) is 7.01. The third-order valence-corrected chi connectivity index (χ3v) is 3.42. The molecule has 1 aromatic rings. The van der Waals surface area contributed by atoms with E-state index in [1.165, 1.54) is 5.56 Å². The van der Waals surface area contributed by atoms with E-state index in [4.69, 9.17) is 10.5 Å². The van der Waals surface area contributed by atoms with Gasteiger partial charge in [0.05, 0.1) is 6.04 Å². The lowest BCUT2D eigenvalue weighted by atomic mass is 9.99. The topological polar surface area (TPSA) is 88.7 Å². The van der Waals surface area contributed by atoms with E-state index in [2.05, 4.69) is 41.6 Å². The molecule has 0 aliphatic heterocycles. The van der Waals surface area contributed by atoms with Crippen LogP contribution in [0.1, 0.15) is 57.7 Å². The maximum Gasteiger partial charge on any atom is 0.408 e. The molecular weight excluding hydrogens is 431 g/mol. The highest BCUT2D eigenvalue weighted by atomic mass is 127. The van der Waals surface area contributed by atoms with E-state index in [1.54, 1.807) is 7.05 Å². The maximum atomic E-state index is 12.1. The number of ether oxygens (including phenoxy) is 1. The van der Waals surface area contributed by atoms with Gasteiger partial charge < -0.3 is 21.1 Å². The van der Waals surface area contributed by atoms with Gasteiger partial charge in [-0.1, -0.05) is 38.1 Å². The zero-order valence-corrected chi connectivity index (χ0v) is 18.3. The van der Waals surface area contributed by atoms with Gasteiger partial charge in [-0.3, -0.25) is 4.99 Å². The number of carbonyl (C=O) groups is 1. The van der Waals surface area contributed by atoms with Crippen LogP contribution in [-0.4, -0.2) is 31.2 Å². The number of halogens is 1. The minimum absolute atomic E-state index is 0. The van der Waals surface area contributed by atoms with Gasteiger partial charge in [-0.25, -0.2) is 4.79 Å². The lowest BCUT2D eigenvalue weighted by Gasteiger charge is -2.24. The second-order valence-corrected chi connectivity index (χ2v) is 7.01. The summed E-state index contributed by atoms with van der Waals surface area (Å²) in [5.74, 6) is 0.780. The Morgan fingerprint density at radius 1 is 1.20 bits per heavy atom. The molecule has 25 heavy (non-hydrogen) atoms. The summed E-state index contributed by atoms with van der Waals surface area (Å²) in [6.07, 6.45) is -0.464. The first-order valence-corrected chi connectivity index (χ1v) is 8.18. The molecule has 1 aromatic carbocycles. The number of guanidine groups is 1. The van der Waals surface area contributed by atoms with Crippen LogP contribution in [0.3, 0.4) is 0 Å². The molecule has 1 rings (SSSR count). The average Bonchev–Trinajstić information content (AvgIpc) is 2.49. The number of alkyl carbamates (subject to hydrolysis) is 1. The lowest BCUT2D eigenvalue weighted by molar-refractivity contribution is 0.0504. The third kappa shape index (κ3) is 8.94. The minimum atomic E-state index is -0.548. The van der Waals surface area contributed by atoms with E-state index in [0.717, 1.165) is 5.56 Å². The van der Waals surface area contributed by atoms with Crippen molar-refractivity contribution in [2.75, 3.05) is 13.6 Å². The first-order valence-electron chi connectivity index (χ1n) is 8.18. The number of rotatable bonds is 5. The van der Waals surface area contributed by atoms with Crippen LogP contribution in [-0.2, 0) is 4.74 Å². The summed E-state index contributed by atoms with van der Waals surface area (Å²) in [6.45, 7) is 10.2. The summed E-state index contributed by atoms with van der Waals surface area (Å²) in [7, 11) is 1.61. The average molecular weight is 462 g/mol. The highest BCUT2D eigenvalue weighted by Crippen LogP contribution is 2.19. The van der Waals surface area contributed by atoms with E-state index in [-0.39, 0.29) is 30.0 Å². The molecule has 1 atom stereocenters. The highest BCUT2D eigenvalue weighted by Gasteiger charge is 2.20. The number of hydrogen-bond donors (Lipinski definition) is 3. The van der Waals surface area contributed by atoms with Gasteiger partial charge in [-0.05, 0) is 37.8 Å². The number of nitrogens with zero attached hydrogens (tertiary/aromatic N) is 1. The van der Waals surface area contributed by atoms with E-state index < -0.39 is 11.7 Å². The summed E-state index contributed by atoms with van der Waals surface area (Å²) in [5.41, 5.74) is 7.36. The van der Waals surface area contributed by atoms with Crippen molar-refractivity contribution in [1.82, 2.24) is 10.6 Å². The van der Waals surface area contributed by atoms with Crippen molar-refractivity contribution in [2.45, 2.75) is 52.2 Å². The van der Waals surface area contributed by atoms with Gasteiger partial charge in [0.2, 0.25) is 0 Å². The quantitative estimate of drug-likeness (QED) is 0.355. The fourth-order valence-corrected chi connectivity index (χ4v) is 2.10. The van der Waals surface area contributed by atoms with Gasteiger partial charge in [-0.15, -0.1) is 24.0 Å². The molecule has 0 aromatic heterocycles. The first-order chi connectivity index (χ1) is 11.1. The summed E-state index contributed by atoms with van der Waals surface area (Å²) >= 11 is 0. The predicted octanol–water partition coefficient (Wildman–Crippen LogP) is 3.53. The van der Waals surface area contributed by atoms with Crippen LogP contribution in [0.4, 0.5) is 4.79 Å². The molecule has 0 saturated heterocycles. The second kappa shape index (κ2) is 10.5. The van der Waals surface area contributed by atoms with Gasteiger partial charge in [-0.2, -0.15) is 0 Å². The van der Waals surface area contributed by atoms with Gasteiger partial charge in [0, 0.05) is 13.6 Å². The summed E-state index contributed by atoms with van der Waals surface area (Å²) in [6, 6.07) is 7.89. The SMILES string of the molecule is CN=C(N)NCC(NC(=O)OC(C)(C)C)c1ccc(C(C)C)cc1.I. The normalized spacial score (nSPS) is 13.0. The smallest absolute Gasteiger partial charge is 0.408 e. The van der Waals surface area contributed by atoms with Crippen LogP contribution in [0.5, 0.6) is 0 Å². The Labute approximate surface area is 168 Å². The van der Waals surface area contributed by atoms with E-state index >= 15 is 0 Å². The Morgan fingerprint density at radius 3 is 2.16 bits per heavy atom. The molecule has 7 heteroatoms. The molecule has 0 fully saturated rings. The molecule has 1 amide bonds. The van der Waals surface area contributed by atoms with Gasteiger partial charge in [0.25, 0.3) is 0 Å². The summed E-state index contributed by atoms with van der Waals surface area (Å²) in [5, 5.41) is 5.88. The minimum Gasteiger partial charge on any atom is -0.444 e. The highest BCUT2D eigenvalue weighted by molar-refractivity contribution is 14.0. The molecule has 0 saturated carbocycles. The largest absolute Gasteiger partial charge is 0.444 e. The lowest BCUT2D eigenvalue weighted by Crippen LogP contribution is -2.42. The third-order valence-electron chi connectivity index (χ3n) is 3.42. The zero-order valence-electron chi connectivity index (χ0n) is 15.9. The Kier molecular flexibility index (Phi) is 9.84. The van der Waals surface area contributed by atoms with Crippen LogP contribution in [0.15, 0.2) is 29.3 Å². The molecule has 0 heterocycles. The van der Waals surface area contributed by atoms with Crippen LogP contribution >= 0.6 is 24.0 Å². The summed E-state index contributed by atoms with van der Waals surface area (Å²) < 4.78 is 5.35. The van der Waals surface area contributed by atoms with Gasteiger partial charge in [0.15, 0.2) is 5.96 Å². The molecule has 142 valence electrons. The van der Waals surface area contributed by atoms with Crippen molar-refractivity contribution < 1.29 is 9.53 Å².